The lowest BCUT2D eigenvalue weighted by atomic mass is 10.2. The zero-order chi connectivity index (χ0) is 11.4. The quantitative estimate of drug-likeness (QED) is 0.830. The molecule has 0 spiro atoms. The van der Waals surface area contributed by atoms with Gasteiger partial charge in [-0.3, -0.25) is 4.79 Å². The van der Waals surface area contributed by atoms with E-state index in [1.54, 1.807) is 11.3 Å². The molecule has 0 saturated carbocycles. The fourth-order valence-electron chi connectivity index (χ4n) is 1.35. The van der Waals surface area contributed by atoms with Gasteiger partial charge in [0.1, 0.15) is 5.88 Å². The normalized spacial score (nSPS) is 10.1. The summed E-state index contributed by atoms with van der Waals surface area (Å²) < 4.78 is 0. The molecule has 4 heteroatoms. The molecule has 16 heavy (non-hydrogen) atoms. The molecule has 2 rings (SSSR count). The molecule has 0 unspecified atom stereocenters. The summed E-state index contributed by atoms with van der Waals surface area (Å²) >= 11 is 7.01. The maximum Gasteiger partial charge on any atom is 0.239 e. The van der Waals surface area contributed by atoms with Crippen LogP contribution in [0.15, 0.2) is 41.8 Å². The molecule has 0 bridgehead atoms. The van der Waals surface area contributed by atoms with Crippen LogP contribution < -0.4 is 5.32 Å². The van der Waals surface area contributed by atoms with E-state index in [0.29, 0.717) is 0 Å². The molecule has 2 nitrogen and oxygen atoms in total. The highest BCUT2D eigenvalue weighted by Gasteiger charge is 2.04. The van der Waals surface area contributed by atoms with Crippen LogP contribution in [0.1, 0.15) is 0 Å². The zero-order valence-electron chi connectivity index (χ0n) is 8.44. The smallest absolute Gasteiger partial charge is 0.239 e. The summed E-state index contributed by atoms with van der Waals surface area (Å²) in [6.45, 7) is 0. The average Bonchev–Trinajstić information content (AvgIpc) is 2.78. The Balaban J connectivity index is 2.17. The van der Waals surface area contributed by atoms with Crippen molar-refractivity contribution in [2.75, 3.05) is 11.2 Å². The first kappa shape index (κ1) is 11.2. The molecule has 0 aliphatic carbocycles. The first-order valence-corrected chi connectivity index (χ1v) is 6.21. The molecule has 0 atom stereocenters. The van der Waals surface area contributed by atoms with Gasteiger partial charge < -0.3 is 5.32 Å². The van der Waals surface area contributed by atoms with E-state index in [1.807, 2.05) is 41.8 Å². The van der Waals surface area contributed by atoms with Gasteiger partial charge in [0.25, 0.3) is 0 Å². The molecule has 1 amide bonds. The van der Waals surface area contributed by atoms with E-state index in [0.717, 1.165) is 16.1 Å². The van der Waals surface area contributed by atoms with Crippen LogP contribution in [0.3, 0.4) is 0 Å². The van der Waals surface area contributed by atoms with Crippen molar-refractivity contribution in [3.8, 4) is 10.4 Å². The van der Waals surface area contributed by atoms with Gasteiger partial charge in [-0.2, -0.15) is 0 Å². The molecule has 1 heterocycles. The van der Waals surface area contributed by atoms with Gasteiger partial charge in [-0.15, -0.1) is 22.9 Å². The first-order valence-electron chi connectivity index (χ1n) is 4.79. The maximum atomic E-state index is 11.1. The average molecular weight is 252 g/mol. The molecule has 1 N–H and O–H groups in total. The van der Waals surface area contributed by atoms with Gasteiger partial charge in [-0.05, 0) is 11.6 Å². The highest BCUT2D eigenvalue weighted by molar-refractivity contribution is 7.14. The van der Waals surface area contributed by atoms with Crippen molar-refractivity contribution >= 4 is 34.5 Å². The van der Waals surface area contributed by atoms with Gasteiger partial charge in [0.15, 0.2) is 0 Å². The van der Waals surface area contributed by atoms with E-state index in [2.05, 4.69) is 5.32 Å². The first-order chi connectivity index (χ1) is 7.79. The predicted octanol–water partition coefficient (Wildman–Crippen LogP) is 3.59. The third-order valence-electron chi connectivity index (χ3n) is 2.06. The van der Waals surface area contributed by atoms with Crippen molar-refractivity contribution in [1.29, 1.82) is 0 Å². The van der Waals surface area contributed by atoms with Crippen molar-refractivity contribution in [2.24, 2.45) is 0 Å². The summed E-state index contributed by atoms with van der Waals surface area (Å²) in [4.78, 5) is 12.2. The Morgan fingerprint density at radius 1 is 1.31 bits per heavy atom. The van der Waals surface area contributed by atoms with Crippen LogP contribution in [-0.4, -0.2) is 11.8 Å². The number of alkyl halides is 1. The van der Waals surface area contributed by atoms with Gasteiger partial charge in [0.2, 0.25) is 5.91 Å². The van der Waals surface area contributed by atoms with Gasteiger partial charge in [0, 0.05) is 10.3 Å². The third-order valence-corrected chi connectivity index (χ3v) is 3.28. The summed E-state index contributed by atoms with van der Waals surface area (Å²) in [5.41, 5.74) is 1.95. The number of anilines is 1. The molecule has 0 fully saturated rings. The van der Waals surface area contributed by atoms with E-state index in [4.69, 9.17) is 11.6 Å². The Bertz CT molecular complexity index is 481. The van der Waals surface area contributed by atoms with Crippen LogP contribution in [0, 0.1) is 0 Å². The minimum absolute atomic E-state index is 0.0173. The minimum atomic E-state index is -0.181. The molecule has 1 aromatic carbocycles. The summed E-state index contributed by atoms with van der Waals surface area (Å²) in [7, 11) is 0. The van der Waals surface area contributed by atoms with Crippen LogP contribution in [-0.2, 0) is 4.79 Å². The van der Waals surface area contributed by atoms with Crippen molar-refractivity contribution < 1.29 is 4.79 Å². The van der Waals surface area contributed by atoms with E-state index in [1.165, 1.54) is 0 Å². The Kier molecular flexibility index (Phi) is 3.59. The molecule has 2 aromatic rings. The predicted molar refractivity (Wildman–Crippen MR) is 69.1 cm³/mol. The fourth-order valence-corrected chi connectivity index (χ4v) is 2.26. The molecular weight excluding hydrogens is 242 g/mol. The van der Waals surface area contributed by atoms with Gasteiger partial charge in [-0.1, -0.05) is 30.3 Å². The van der Waals surface area contributed by atoms with Gasteiger partial charge >= 0.3 is 0 Å². The van der Waals surface area contributed by atoms with Crippen molar-refractivity contribution in [1.82, 2.24) is 0 Å². The van der Waals surface area contributed by atoms with E-state index < -0.39 is 0 Å². The number of benzene rings is 1. The fraction of sp³-hybridized carbons (Fsp3) is 0.0833. The summed E-state index contributed by atoms with van der Waals surface area (Å²) in [6, 6.07) is 12.0. The number of amides is 1. The number of hydrogen-bond acceptors (Lipinski definition) is 2. The molecule has 0 aliphatic heterocycles. The Morgan fingerprint density at radius 3 is 2.75 bits per heavy atom. The Hall–Kier alpha value is -1.32. The maximum absolute atomic E-state index is 11.1. The summed E-state index contributed by atoms with van der Waals surface area (Å²) in [5.74, 6) is -0.199. The topological polar surface area (TPSA) is 29.1 Å². The van der Waals surface area contributed by atoms with Crippen molar-refractivity contribution in [2.45, 2.75) is 0 Å². The Morgan fingerprint density at radius 2 is 2.06 bits per heavy atom. The second-order valence-corrected chi connectivity index (χ2v) is 4.43. The number of carbonyl (C=O) groups is 1. The second-order valence-electron chi connectivity index (χ2n) is 3.25. The van der Waals surface area contributed by atoms with Crippen molar-refractivity contribution in [3.05, 3.63) is 41.8 Å². The van der Waals surface area contributed by atoms with E-state index in [-0.39, 0.29) is 11.8 Å². The minimum Gasteiger partial charge on any atom is -0.324 e. The van der Waals surface area contributed by atoms with Crippen LogP contribution in [0.2, 0.25) is 0 Å². The lowest BCUT2D eigenvalue weighted by molar-refractivity contribution is -0.113. The number of rotatable bonds is 3. The monoisotopic (exact) mass is 251 g/mol. The number of halogens is 1. The lowest BCUT2D eigenvalue weighted by Crippen LogP contribution is -2.11. The summed E-state index contributed by atoms with van der Waals surface area (Å²) in [5, 5.41) is 4.63. The van der Waals surface area contributed by atoms with E-state index >= 15 is 0 Å². The van der Waals surface area contributed by atoms with Gasteiger partial charge in [0.05, 0.1) is 5.69 Å². The number of thiophene rings is 1. The Labute approximate surface area is 103 Å². The molecule has 82 valence electrons. The third kappa shape index (κ3) is 2.62. The summed E-state index contributed by atoms with van der Waals surface area (Å²) in [6.07, 6.45) is 0. The lowest BCUT2D eigenvalue weighted by Gasteiger charge is -1.97. The molecule has 0 aliphatic rings. The standard InChI is InChI=1S/C12H10ClNOS/c13-7-12(15)14-10-6-11(16-8-10)9-4-2-1-3-5-9/h1-6,8H,7H2,(H,14,15). The number of carbonyl (C=O) groups excluding carboxylic acids is 1. The number of nitrogens with one attached hydrogen (secondary N) is 1. The second kappa shape index (κ2) is 5.14. The largest absolute Gasteiger partial charge is 0.324 e. The van der Waals surface area contributed by atoms with Crippen LogP contribution in [0.25, 0.3) is 10.4 Å². The van der Waals surface area contributed by atoms with E-state index in [9.17, 15) is 4.79 Å². The molecular formula is C12H10ClNOS. The highest BCUT2D eigenvalue weighted by atomic mass is 35.5. The SMILES string of the molecule is O=C(CCl)Nc1csc(-c2ccccc2)c1. The van der Waals surface area contributed by atoms with Crippen LogP contribution in [0.5, 0.6) is 0 Å². The molecule has 1 aromatic heterocycles. The number of hydrogen-bond donors (Lipinski definition) is 1. The van der Waals surface area contributed by atoms with Crippen LogP contribution in [0.4, 0.5) is 5.69 Å². The highest BCUT2D eigenvalue weighted by Crippen LogP contribution is 2.29. The van der Waals surface area contributed by atoms with Gasteiger partial charge in [-0.25, -0.2) is 0 Å². The molecule has 0 saturated heterocycles. The van der Waals surface area contributed by atoms with Crippen molar-refractivity contribution in [3.63, 3.8) is 0 Å². The van der Waals surface area contributed by atoms with Crippen LogP contribution >= 0.6 is 22.9 Å². The molecule has 0 radical (unpaired) electrons. The zero-order valence-corrected chi connectivity index (χ0v) is 10.0.